The van der Waals surface area contributed by atoms with Crippen LogP contribution >= 0.6 is 0 Å². The average Bonchev–Trinajstić information content (AvgIpc) is 3.16. The highest BCUT2D eigenvalue weighted by Gasteiger charge is 2.33. The number of rotatable bonds is 7. The predicted molar refractivity (Wildman–Crippen MR) is 71.5 cm³/mol. The molecular weight excluding hydrogens is 244 g/mol. The molecule has 1 aliphatic rings. The molecule has 5 heteroatoms. The standard InChI is InChI=1S/C14H22N2O3/c1-10-3-6-12(19-10)9-16(11-4-5-11)14(17)7-13(8-15)18-2/h3,6,11,13H,4-5,7-9,15H2,1-2H3. The van der Waals surface area contributed by atoms with Gasteiger partial charge in [-0.1, -0.05) is 0 Å². The minimum absolute atomic E-state index is 0.0915. The minimum atomic E-state index is -0.202. The van der Waals surface area contributed by atoms with E-state index in [1.54, 1.807) is 7.11 Å². The van der Waals surface area contributed by atoms with Crippen LogP contribution in [0.3, 0.4) is 0 Å². The SMILES string of the molecule is COC(CN)CC(=O)N(Cc1ccc(C)o1)C1CC1. The van der Waals surface area contributed by atoms with E-state index in [-0.39, 0.29) is 12.0 Å². The Morgan fingerprint density at radius 2 is 2.32 bits per heavy atom. The number of carbonyl (C=O) groups is 1. The van der Waals surface area contributed by atoms with Gasteiger partial charge in [0.15, 0.2) is 0 Å². The first-order chi connectivity index (χ1) is 9.13. The van der Waals surface area contributed by atoms with E-state index in [1.807, 2.05) is 24.0 Å². The Kier molecular flexibility index (Phi) is 4.61. The molecule has 5 nitrogen and oxygen atoms in total. The second kappa shape index (κ2) is 6.21. The number of methoxy groups -OCH3 is 1. The summed E-state index contributed by atoms with van der Waals surface area (Å²) in [5.74, 6) is 1.79. The van der Waals surface area contributed by atoms with Crippen LogP contribution in [-0.4, -0.2) is 36.6 Å². The summed E-state index contributed by atoms with van der Waals surface area (Å²) in [6.45, 7) is 2.81. The van der Waals surface area contributed by atoms with Crippen molar-refractivity contribution in [3.05, 3.63) is 23.7 Å². The van der Waals surface area contributed by atoms with E-state index in [4.69, 9.17) is 14.9 Å². The molecule has 0 saturated heterocycles. The number of amides is 1. The molecule has 1 saturated carbocycles. The van der Waals surface area contributed by atoms with Crippen LogP contribution in [0.4, 0.5) is 0 Å². The van der Waals surface area contributed by atoms with Crippen LogP contribution in [0.2, 0.25) is 0 Å². The quantitative estimate of drug-likeness (QED) is 0.811. The van der Waals surface area contributed by atoms with Crippen LogP contribution in [0, 0.1) is 6.92 Å². The number of aryl methyl sites for hydroxylation is 1. The second-order valence-corrected chi connectivity index (χ2v) is 5.06. The molecule has 0 aliphatic heterocycles. The normalized spacial score (nSPS) is 16.4. The molecule has 1 aromatic rings. The maximum atomic E-state index is 12.3. The lowest BCUT2D eigenvalue weighted by Gasteiger charge is -2.23. The topological polar surface area (TPSA) is 68.7 Å². The van der Waals surface area contributed by atoms with Crippen molar-refractivity contribution < 1.29 is 13.9 Å². The van der Waals surface area contributed by atoms with E-state index in [0.717, 1.165) is 24.4 Å². The van der Waals surface area contributed by atoms with Crippen molar-refractivity contribution in [3.63, 3.8) is 0 Å². The van der Waals surface area contributed by atoms with Crippen LogP contribution in [0.5, 0.6) is 0 Å². The first kappa shape index (κ1) is 14.1. The number of hydrogen-bond acceptors (Lipinski definition) is 4. The van der Waals surface area contributed by atoms with Crippen LogP contribution in [-0.2, 0) is 16.1 Å². The lowest BCUT2D eigenvalue weighted by molar-refractivity contribution is -0.135. The van der Waals surface area contributed by atoms with Crippen molar-refractivity contribution in [1.29, 1.82) is 0 Å². The highest BCUT2D eigenvalue weighted by atomic mass is 16.5. The molecule has 1 fully saturated rings. The summed E-state index contributed by atoms with van der Waals surface area (Å²) in [5.41, 5.74) is 5.57. The first-order valence-corrected chi connectivity index (χ1v) is 6.71. The fourth-order valence-corrected chi connectivity index (χ4v) is 2.12. The van der Waals surface area contributed by atoms with E-state index >= 15 is 0 Å². The van der Waals surface area contributed by atoms with Crippen molar-refractivity contribution in [2.45, 2.75) is 44.9 Å². The molecule has 2 rings (SSSR count). The Bertz CT molecular complexity index is 422. The van der Waals surface area contributed by atoms with E-state index < -0.39 is 0 Å². The summed E-state index contributed by atoms with van der Waals surface area (Å²) in [6.07, 6.45) is 2.28. The number of ether oxygens (including phenoxy) is 1. The number of carbonyl (C=O) groups excluding carboxylic acids is 1. The third-order valence-electron chi connectivity index (χ3n) is 3.43. The first-order valence-electron chi connectivity index (χ1n) is 6.71. The fraction of sp³-hybridized carbons (Fsp3) is 0.643. The monoisotopic (exact) mass is 266 g/mol. The van der Waals surface area contributed by atoms with Gasteiger partial charge in [0.1, 0.15) is 11.5 Å². The maximum absolute atomic E-state index is 12.3. The molecule has 1 heterocycles. The molecule has 19 heavy (non-hydrogen) atoms. The summed E-state index contributed by atoms with van der Waals surface area (Å²) >= 11 is 0. The second-order valence-electron chi connectivity index (χ2n) is 5.06. The molecule has 1 aliphatic carbocycles. The molecule has 1 unspecified atom stereocenters. The lowest BCUT2D eigenvalue weighted by Crippen LogP contribution is -2.37. The maximum Gasteiger partial charge on any atom is 0.225 e. The van der Waals surface area contributed by atoms with Gasteiger partial charge in [-0.3, -0.25) is 4.79 Å². The molecule has 0 spiro atoms. The summed E-state index contributed by atoms with van der Waals surface area (Å²) < 4.78 is 10.7. The Morgan fingerprint density at radius 3 is 2.79 bits per heavy atom. The van der Waals surface area contributed by atoms with Gasteiger partial charge < -0.3 is 19.8 Å². The molecule has 1 amide bonds. The van der Waals surface area contributed by atoms with Crippen molar-refractivity contribution in [1.82, 2.24) is 4.90 Å². The Hall–Kier alpha value is -1.33. The van der Waals surface area contributed by atoms with Gasteiger partial charge in [-0.25, -0.2) is 0 Å². The van der Waals surface area contributed by atoms with Gasteiger partial charge >= 0.3 is 0 Å². The third-order valence-corrected chi connectivity index (χ3v) is 3.43. The van der Waals surface area contributed by atoms with Crippen LogP contribution < -0.4 is 5.73 Å². The van der Waals surface area contributed by atoms with Crippen molar-refractivity contribution >= 4 is 5.91 Å². The van der Waals surface area contributed by atoms with E-state index in [9.17, 15) is 4.79 Å². The van der Waals surface area contributed by atoms with Gasteiger partial charge in [-0.2, -0.15) is 0 Å². The van der Waals surface area contributed by atoms with Gasteiger partial charge in [0.2, 0.25) is 5.91 Å². The summed E-state index contributed by atoms with van der Waals surface area (Å²) in [7, 11) is 1.59. The van der Waals surface area contributed by atoms with Gasteiger partial charge in [0.05, 0.1) is 19.1 Å². The molecule has 1 aromatic heterocycles. The van der Waals surface area contributed by atoms with Crippen molar-refractivity contribution in [2.75, 3.05) is 13.7 Å². The average molecular weight is 266 g/mol. The highest BCUT2D eigenvalue weighted by molar-refractivity contribution is 5.77. The van der Waals surface area contributed by atoms with Crippen molar-refractivity contribution in [2.24, 2.45) is 5.73 Å². The summed E-state index contributed by atoms with van der Waals surface area (Å²) in [5, 5.41) is 0. The molecular formula is C14H22N2O3. The summed E-state index contributed by atoms with van der Waals surface area (Å²) in [4.78, 5) is 14.2. The lowest BCUT2D eigenvalue weighted by atomic mass is 10.2. The molecule has 0 bridgehead atoms. The van der Waals surface area contributed by atoms with Gasteiger partial charge in [-0.15, -0.1) is 0 Å². The zero-order chi connectivity index (χ0) is 13.8. The van der Waals surface area contributed by atoms with Crippen molar-refractivity contribution in [3.8, 4) is 0 Å². The van der Waals surface area contributed by atoms with Gasteiger partial charge in [0, 0.05) is 19.7 Å². The number of nitrogens with zero attached hydrogens (tertiary/aromatic N) is 1. The molecule has 2 N–H and O–H groups in total. The zero-order valence-electron chi connectivity index (χ0n) is 11.6. The van der Waals surface area contributed by atoms with E-state index in [1.165, 1.54) is 0 Å². The number of furan rings is 1. The molecule has 0 aromatic carbocycles. The number of nitrogens with two attached hydrogens (primary N) is 1. The minimum Gasteiger partial charge on any atom is -0.464 e. The Labute approximate surface area is 113 Å². The number of hydrogen-bond donors (Lipinski definition) is 1. The Morgan fingerprint density at radius 1 is 1.58 bits per heavy atom. The van der Waals surface area contributed by atoms with Crippen LogP contribution in [0.25, 0.3) is 0 Å². The predicted octanol–water partition coefficient (Wildman–Crippen LogP) is 1.44. The van der Waals surface area contributed by atoms with Crippen LogP contribution in [0.15, 0.2) is 16.5 Å². The highest BCUT2D eigenvalue weighted by Crippen LogP contribution is 2.29. The van der Waals surface area contributed by atoms with Crippen LogP contribution in [0.1, 0.15) is 30.8 Å². The smallest absolute Gasteiger partial charge is 0.225 e. The molecule has 0 radical (unpaired) electrons. The van der Waals surface area contributed by atoms with Gasteiger partial charge in [-0.05, 0) is 31.9 Å². The van der Waals surface area contributed by atoms with E-state index in [2.05, 4.69) is 0 Å². The van der Waals surface area contributed by atoms with E-state index in [0.29, 0.717) is 25.6 Å². The fourth-order valence-electron chi connectivity index (χ4n) is 2.12. The van der Waals surface area contributed by atoms with Gasteiger partial charge in [0.25, 0.3) is 0 Å². The molecule has 106 valence electrons. The Balaban J connectivity index is 1.97. The summed E-state index contributed by atoms with van der Waals surface area (Å²) in [6, 6.07) is 4.20. The third kappa shape index (κ3) is 3.81. The largest absolute Gasteiger partial charge is 0.464 e. The zero-order valence-corrected chi connectivity index (χ0v) is 11.6. The molecule has 1 atom stereocenters.